The van der Waals surface area contributed by atoms with Crippen LogP contribution in [-0.2, 0) is 14.9 Å². The number of hydrogen-bond donors (Lipinski definition) is 3. The standard InChI is InChI=1S/C17H24N2O3/c1-22-11-6-14(20)19-15-12-4-2-3-5-13(12)17(16(15)21)7-9-18-10-8-17/h2-5,15-16,18,21H,6-11H2,1H3,(H,19,20)/t15-,16+/m0/s1. The van der Waals surface area contributed by atoms with Crippen molar-refractivity contribution in [1.29, 1.82) is 0 Å². The van der Waals surface area contributed by atoms with Gasteiger partial charge in [-0.25, -0.2) is 0 Å². The molecule has 1 fully saturated rings. The second-order valence-corrected chi connectivity index (χ2v) is 6.23. The van der Waals surface area contributed by atoms with Gasteiger partial charge in [0, 0.05) is 18.9 Å². The molecule has 1 aromatic carbocycles. The second-order valence-electron chi connectivity index (χ2n) is 6.23. The van der Waals surface area contributed by atoms with Crippen LogP contribution in [-0.4, -0.2) is 43.9 Å². The lowest BCUT2D eigenvalue weighted by Gasteiger charge is -2.38. The maximum absolute atomic E-state index is 12.1. The van der Waals surface area contributed by atoms with Crippen LogP contribution in [0.15, 0.2) is 24.3 Å². The van der Waals surface area contributed by atoms with Crippen LogP contribution in [0.25, 0.3) is 0 Å². The molecule has 1 saturated heterocycles. The van der Waals surface area contributed by atoms with E-state index in [1.54, 1.807) is 7.11 Å². The number of ether oxygens (including phenoxy) is 1. The molecular formula is C17H24N2O3. The molecule has 0 aromatic heterocycles. The van der Waals surface area contributed by atoms with Crippen LogP contribution in [0.5, 0.6) is 0 Å². The van der Waals surface area contributed by atoms with E-state index in [1.807, 2.05) is 18.2 Å². The number of hydrogen-bond acceptors (Lipinski definition) is 4. The molecule has 0 bridgehead atoms. The van der Waals surface area contributed by atoms with Crippen LogP contribution in [0.3, 0.4) is 0 Å². The van der Waals surface area contributed by atoms with Gasteiger partial charge < -0.3 is 20.5 Å². The van der Waals surface area contributed by atoms with E-state index in [9.17, 15) is 9.90 Å². The summed E-state index contributed by atoms with van der Waals surface area (Å²) in [5, 5.41) is 17.3. The highest BCUT2D eigenvalue weighted by Gasteiger charge is 2.51. The average Bonchev–Trinajstić information content (AvgIpc) is 2.77. The van der Waals surface area contributed by atoms with E-state index < -0.39 is 6.10 Å². The summed E-state index contributed by atoms with van der Waals surface area (Å²) in [6, 6.07) is 7.80. The number of rotatable bonds is 4. The normalized spacial score (nSPS) is 25.9. The topological polar surface area (TPSA) is 70.6 Å². The van der Waals surface area contributed by atoms with E-state index in [-0.39, 0.29) is 17.4 Å². The number of fused-ring (bicyclic) bond motifs is 2. The maximum atomic E-state index is 12.1. The minimum absolute atomic E-state index is 0.0771. The average molecular weight is 304 g/mol. The van der Waals surface area contributed by atoms with Gasteiger partial charge in [-0.15, -0.1) is 0 Å². The fourth-order valence-corrected chi connectivity index (χ4v) is 3.91. The molecule has 1 amide bonds. The van der Waals surface area contributed by atoms with Gasteiger partial charge in [-0.05, 0) is 37.1 Å². The quantitative estimate of drug-likeness (QED) is 0.772. The Morgan fingerprint density at radius 2 is 2.14 bits per heavy atom. The lowest BCUT2D eigenvalue weighted by molar-refractivity contribution is -0.123. The van der Waals surface area contributed by atoms with E-state index in [2.05, 4.69) is 16.7 Å². The summed E-state index contributed by atoms with van der Waals surface area (Å²) in [7, 11) is 1.58. The number of aliphatic hydroxyl groups excluding tert-OH is 1. The molecule has 22 heavy (non-hydrogen) atoms. The SMILES string of the molecule is COCCC(=O)N[C@H]1c2ccccc2C2(CCNCC2)[C@@H]1O. The molecule has 5 nitrogen and oxygen atoms in total. The molecule has 1 heterocycles. The van der Waals surface area contributed by atoms with E-state index in [0.29, 0.717) is 13.0 Å². The first-order chi connectivity index (χ1) is 10.7. The van der Waals surface area contributed by atoms with Gasteiger partial charge in [0.2, 0.25) is 5.91 Å². The van der Waals surface area contributed by atoms with Crippen molar-refractivity contribution >= 4 is 5.91 Å². The van der Waals surface area contributed by atoms with Crippen molar-refractivity contribution in [3.05, 3.63) is 35.4 Å². The molecular weight excluding hydrogens is 280 g/mol. The molecule has 0 saturated carbocycles. The van der Waals surface area contributed by atoms with Gasteiger partial charge in [0.25, 0.3) is 0 Å². The first-order valence-corrected chi connectivity index (χ1v) is 7.95. The maximum Gasteiger partial charge on any atom is 0.222 e. The molecule has 0 radical (unpaired) electrons. The number of nitrogens with one attached hydrogen (secondary N) is 2. The van der Waals surface area contributed by atoms with Crippen molar-refractivity contribution in [2.75, 3.05) is 26.8 Å². The number of methoxy groups -OCH3 is 1. The van der Waals surface area contributed by atoms with Gasteiger partial charge in [0.05, 0.1) is 18.8 Å². The van der Waals surface area contributed by atoms with Crippen LogP contribution in [0, 0.1) is 0 Å². The zero-order chi connectivity index (χ0) is 15.6. The van der Waals surface area contributed by atoms with Gasteiger partial charge in [-0.3, -0.25) is 4.79 Å². The molecule has 1 aromatic rings. The lowest BCUT2D eigenvalue weighted by Crippen LogP contribution is -2.48. The Bertz CT molecular complexity index is 540. The zero-order valence-electron chi connectivity index (χ0n) is 13.0. The smallest absolute Gasteiger partial charge is 0.222 e. The van der Waals surface area contributed by atoms with Gasteiger partial charge in [-0.2, -0.15) is 0 Å². The highest BCUT2D eigenvalue weighted by atomic mass is 16.5. The van der Waals surface area contributed by atoms with Crippen molar-refractivity contribution < 1.29 is 14.6 Å². The molecule has 1 aliphatic carbocycles. The Morgan fingerprint density at radius 3 is 2.86 bits per heavy atom. The van der Waals surface area contributed by atoms with Crippen molar-refractivity contribution in [2.24, 2.45) is 0 Å². The Hall–Kier alpha value is -1.43. The molecule has 1 spiro atoms. The number of aliphatic hydroxyl groups is 1. The molecule has 3 rings (SSSR count). The molecule has 3 N–H and O–H groups in total. The summed E-state index contributed by atoms with van der Waals surface area (Å²) in [5.41, 5.74) is 2.02. The minimum Gasteiger partial charge on any atom is -0.390 e. The fraction of sp³-hybridized carbons (Fsp3) is 0.588. The van der Waals surface area contributed by atoms with Crippen LogP contribution in [0.1, 0.15) is 36.4 Å². The third-order valence-electron chi connectivity index (χ3n) is 5.06. The molecule has 5 heteroatoms. The number of carbonyl (C=O) groups excluding carboxylic acids is 1. The van der Waals surface area contributed by atoms with Crippen LogP contribution in [0.4, 0.5) is 0 Å². The van der Waals surface area contributed by atoms with Crippen molar-refractivity contribution in [3.8, 4) is 0 Å². The summed E-state index contributed by atoms with van der Waals surface area (Å²) in [5.74, 6) is -0.0771. The molecule has 0 unspecified atom stereocenters. The summed E-state index contributed by atoms with van der Waals surface area (Å²) in [4.78, 5) is 12.1. The summed E-state index contributed by atoms with van der Waals surface area (Å²) in [6.07, 6.45) is 1.54. The summed E-state index contributed by atoms with van der Waals surface area (Å²) >= 11 is 0. The molecule has 1 aliphatic heterocycles. The third kappa shape index (κ3) is 2.53. The molecule has 2 atom stereocenters. The van der Waals surface area contributed by atoms with Gasteiger partial charge >= 0.3 is 0 Å². The number of carbonyl (C=O) groups is 1. The largest absolute Gasteiger partial charge is 0.390 e. The fourth-order valence-electron chi connectivity index (χ4n) is 3.91. The van der Waals surface area contributed by atoms with Crippen molar-refractivity contribution in [3.63, 3.8) is 0 Å². The first kappa shape index (κ1) is 15.5. The zero-order valence-corrected chi connectivity index (χ0v) is 13.0. The van der Waals surface area contributed by atoms with Gasteiger partial charge in [-0.1, -0.05) is 24.3 Å². The van der Waals surface area contributed by atoms with Crippen molar-refractivity contribution in [1.82, 2.24) is 10.6 Å². The highest BCUT2D eigenvalue weighted by molar-refractivity contribution is 5.77. The predicted molar refractivity (Wildman–Crippen MR) is 83.6 cm³/mol. The summed E-state index contributed by atoms with van der Waals surface area (Å²) in [6.45, 7) is 2.19. The van der Waals surface area contributed by atoms with Crippen LogP contribution in [0.2, 0.25) is 0 Å². The van der Waals surface area contributed by atoms with E-state index in [1.165, 1.54) is 5.56 Å². The Balaban J connectivity index is 1.87. The van der Waals surface area contributed by atoms with Crippen LogP contribution < -0.4 is 10.6 Å². The number of piperidine rings is 1. The number of benzene rings is 1. The Morgan fingerprint density at radius 1 is 1.41 bits per heavy atom. The van der Waals surface area contributed by atoms with Gasteiger partial charge in [0.15, 0.2) is 0 Å². The Kier molecular flexibility index (Phi) is 4.47. The first-order valence-electron chi connectivity index (χ1n) is 7.95. The molecule has 2 aliphatic rings. The molecule has 120 valence electrons. The van der Waals surface area contributed by atoms with E-state index in [0.717, 1.165) is 31.5 Å². The summed E-state index contributed by atoms with van der Waals surface area (Å²) < 4.78 is 4.95. The van der Waals surface area contributed by atoms with Gasteiger partial charge in [0.1, 0.15) is 0 Å². The lowest BCUT2D eigenvalue weighted by atomic mass is 9.72. The van der Waals surface area contributed by atoms with E-state index >= 15 is 0 Å². The van der Waals surface area contributed by atoms with Crippen molar-refractivity contribution in [2.45, 2.75) is 36.8 Å². The van der Waals surface area contributed by atoms with E-state index in [4.69, 9.17) is 4.74 Å². The second kappa shape index (κ2) is 6.36. The number of amides is 1. The minimum atomic E-state index is -0.571. The van der Waals surface area contributed by atoms with Crippen LogP contribution >= 0.6 is 0 Å². The highest BCUT2D eigenvalue weighted by Crippen LogP contribution is 2.49. The Labute approximate surface area is 131 Å². The third-order valence-corrected chi connectivity index (χ3v) is 5.06. The monoisotopic (exact) mass is 304 g/mol. The predicted octanol–water partition coefficient (Wildman–Crippen LogP) is 0.876.